The van der Waals surface area contributed by atoms with E-state index in [1.54, 1.807) is 18.2 Å². The number of aliphatic hydroxyl groups is 2. The second-order valence-corrected chi connectivity index (χ2v) is 8.29. The molecule has 1 aliphatic heterocycles. The average Bonchev–Trinajstić information content (AvgIpc) is 2.84. The van der Waals surface area contributed by atoms with Crippen molar-refractivity contribution in [2.75, 3.05) is 18.5 Å². The van der Waals surface area contributed by atoms with Gasteiger partial charge in [-0.2, -0.15) is 23.7 Å². The minimum atomic E-state index is -4.57. The fourth-order valence-electron chi connectivity index (χ4n) is 4.14. The Morgan fingerprint density at radius 2 is 2.03 bits per heavy atom. The van der Waals surface area contributed by atoms with Crippen LogP contribution >= 0.6 is 0 Å². The number of ether oxygens (including phenoxy) is 1. The standard InChI is InChI=1S/C15H15F3N2O2.C11H15NO/c16-15(17,18)10-4-8-3-7-1-2-12(21)14(22)13(7)20-11(8)5-9(10)6-19;1-3-5-7-11(10-12)8-6-9-13-4-2/h4-5,7,12-14,20-22H,1-3H2;3,6-8H,1,4-5,9H2,2H3/b;8-6-,11-7+. The number of aliphatic hydroxyl groups excluding tert-OH is 2. The molecule has 1 saturated carbocycles. The van der Waals surface area contributed by atoms with Gasteiger partial charge in [-0.25, -0.2) is 0 Å². The predicted molar refractivity (Wildman–Crippen MR) is 126 cm³/mol. The van der Waals surface area contributed by atoms with Crippen molar-refractivity contribution in [2.45, 2.75) is 57.0 Å². The molecule has 1 fully saturated rings. The Morgan fingerprint density at radius 3 is 2.63 bits per heavy atom. The number of fused-ring (bicyclic) bond motifs is 2. The minimum Gasteiger partial charge on any atom is -0.390 e. The fraction of sp³-hybridized carbons (Fsp3) is 0.462. The van der Waals surface area contributed by atoms with E-state index in [2.05, 4.69) is 18.0 Å². The molecule has 4 atom stereocenters. The number of hydrogen-bond donors (Lipinski definition) is 3. The van der Waals surface area contributed by atoms with E-state index in [9.17, 15) is 23.4 Å². The summed E-state index contributed by atoms with van der Waals surface area (Å²) < 4.78 is 44.1. The van der Waals surface area contributed by atoms with Crippen LogP contribution in [-0.4, -0.2) is 41.7 Å². The van der Waals surface area contributed by atoms with Crippen LogP contribution in [0.2, 0.25) is 0 Å². The van der Waals surface area contributed by atoms with Gasteiger partial charge in [0.05, 0.1) is 42.0 Å². The molecule has 1 heterocycles. The molecule has 9 heteroatoms. The molecule has 3 N–H and O–H groups in total. The van der Waals surface area contributed by atoms with Gasteiger partial charge < -0.3 is 20.3 Å². The molecule has 1 aliphatic carbocycles. The van der Waals surface area contributed by atoms with Crippen molar-refractivity contribution in [2.24, 2.45) is 5.92 Å². The first kappa shape index (κ1) is 28.1. The summed E-state index contributed by atoms with van der Waals surface area (Å²) in [4.78, 5) is 0. The number of nitriles is 2. The monoisotopic (exact) mass is 489 g/mol. The van der Waals surface area contributed by atoms with E-state index in [0.29, 0.717) is 49.3 Å². The summed E-state index contributed by atoms with van der Waals surface area (Å²) >= 11 is 0. The van der Waals surface area contributed by atoms with Crippen LogP contribution in [0.1, 0.15) is 42.9 Å². The van der Waals surface area contributed by atoms with Crippen LogP contribution in [0.25, 0.3) is 0 Å². The summed E-state index contributed by atoms with van der Waals surface area (Å²) in [5, 5.41) is 40.4. The average molecular weight is 490 g/mol. The number of nitrogens with zero attached hydrogens (tertiary/aromatic N) is 2. The van der Waals surface area contributed by atoms with Gasteiger partial charge in [-0.15, -0.1) is 6.58 Å². The predicted octanol–water partition coefficient (Wildman–Crippen LogP) is 4.65. The molecule has 35 heavy (non-hydrogen) atoms. The normalized spacial score (nSPS) is 23.6. The molecule has 0 saturated heterocycles. The first-order valence-corrected chi connectivity index (χ1v) is 11.4. The maximum Gasteiger partial charge on any atom is 0.417 e. The highest BCUT2D eigenvalue weighted by molar-refractivity contribution is 5.61. The molecule has 2 aliphatic rings. The van der Waals surface area contributed by atoms with Crippen LogP contribution < -0.4 is 5.32 Å². The molecular formula is C26H30F3N3O3. The summed E-state index contributed by atoms with van der Waals surface area (Å²) in [7, 11) is 0. The molecule has 0 amide bonds. The third-order valence-electron chi connectivity index (χ3n) is 5.93. The van der Waals surface area contributed by atoms with Gasteiger partial charge in [0, 0.05) is 17.9 Å². The SMILES string of the molecule is C=CC/C=C(C#N)\C=C/COCC.N#Cc1cc2c(cc1C(F)(F)F)CC1CCC(O)C(O)C1N2. The van der Waals surface area contributed by atoms with Crippen LogP contribution in [-0.2, 0) is 17.3 Å². The van der Waals surface area contributed by atoms with Gasteiger partial charge in [-0.3, -0.25) is 0 Å². The van der Waals surface area contributed by atoms with Gasteiger partial charge in [0.1, 0.15) is 6.10 Å². The Morgan fingerprint density at radius 1 is 1.29 bits per heavy atom. The molecule has 0 bridgehead atoms. The molecule has 4 unspecified atom stereocenters. The Bertz CT molecular complexity index is 1020. The quantitative estimate of drug-likeness (QED) is 0.232. The number of alkyl halides is 3. The lowest BCUT2D eigenvalue weighted by Gasteiger charge is -2.43. The number of rotatable bonds is 6. The van der Waals surface area contributed by atoms with E-state index in [1.165, 1.54) is 6.07 Å². The highest BCUT2D eigenvalue weighted by atomic mass is 19.4. The van der Waals surface area contributed by atoms with Gasteiger partial charge in [0.15, 0.2) is 0 Å². The fourth-order valence-corrected chi connectivity index (χ4v) is 4.14. The molecular weight excluding hydrogens is 459 g/mol. The maximum absolute atomic E-state index is 13.0. The second-order valence-electron chi connectivity index (χ2n) is 8.29. The van der Waals surface area contributed by atoms with Crippen LogP contribution in [0.3, 0.4) is 0 Å². The highest BCUT2D eigenvalue weighted by Gasteiger charge is 2.42. The summed E-state index contributed by atoms with van der Waals surface area (Å²) in [6, 6.07) is 5.46. The van der Waals surface area contributed by atoms with Crippen LogP contribution in [0.15, 0.2) is 48.6 Å². The molecule has 1 aromatic rings. The topological polar surface area (TPSA) is 109 Å². The highest BCUT2D eigenvalue weighted by Crippen LogP contribution is 2.41. The van der Waals surface area contributed by atoms with Crippen molar-refractivity contribution in [3.8, 4) is 12.1 Å². The first-order valence-electron chi connectivity index (χ1n) is 11.4. The number of halogens is 3. The second kappa shape index (κ2) is 13.1. The van der Waals surface area contributed by atoms with Crippen molar-refractivity contribution in [3.05, 3.63) is 65.3 Å². The van der Waals surface area contributed by atoms with E-state index in [4.69, 9.17) is 15.3 Å². The van der Waals surface area contributed by atoms with E-state index in [0.717, 1.165) is 12.5 Å². The zero-order valence-corrected chi connectivity index (χ0v) is 19.6. The van der Waals surface area contributed by atoms with Crippen LogP contribution in [0, 0.1) is 28.6 Å². The number of nitrogens with one attached hydrogen (secondary N) is 1. The summed E-state index contributed by atoms with van der Waals surface area (Å²) in [6.07, 6.45) is 3.01. The van der Waals surface area contributed by atoms with E-state index in [1.807, 2.05) is 19.1 Å². The molecule has 6 nitrogen and oxygen atoms in total. The van der Waals surface area contributed by atoms with Gasteiger partial charge in [0.2, 0.25) is 0 Å². The Labute approximate surface area is 203 Å². The van der Waals surface area contributed by atoms with Crippen molar-refractivity contribution in [3.63, 3.8) is 0 Å². The number of benzene rings is 1. The largest absolute Gasteiger partial charge is 0.417 e. The van der Waals surface area contributed by atoms with Gasteiger partial charge in [-0.05, 0) is 62.3 Å². The van der Waals surface area contributed by atoms with Crippen molar-refractivity contribution in [1.29, 1.82) is 10.5 Å². The summed E-state index contributed by atoms with van der Waals surface area (Å²) in [5.74, 6) is -0.0279. The number of hydrogen-bond acceptors (Lipinski definition) is 6. The Hall–Kier alpha value is -3.11. The molecule has 1 aromatic carbocycles. The van der Waals surface area contributed by atoms with E-state index < -0.39 is 35.6 Å². The number of allylic oxidation sites excluding steroid dienone is 4. The van der Waals surface area contributed by atoms with Crippen molar-refractivity contribution >= 4 is 5.69 Å². The molecule has 3 rings (SSSR count). The van der Waals surface area contributed by atoms with Gasteiger partial charge in [-0.1, -0.05) is 18.2 Å². The Kier molecular flexibility index (Phi) is 10.5. The maximum atomic E-state index is 13.0. The zero-order chi connectivity index (χ0) is 26.0. The molecule has 188 valence electrons. The lowest BCUT2D eigenvalue weighted by Crippen LogP contribution is -2.52. The Balaban J connectivity index is 0.000000287. The van der Waals surface area contributed by atoms with Crippen molar-refractivity contribution in [1.82, 2.24) is 0 Å². The number of anilines is 1. The summed E-state index contributed by atoms with van der Waals surface area (Å²) in [5.41, 5.74) is 0.211. The van der Waals surface area contributed by atoms with Crippen molar-refractivity contribution < 1.29 is 28.1 Å². The molecule has 0 aromatic heterocycles. The van der Waals surface area contributed by atoms with Crippen LogP contribution in [0.5, 0.6) is 0 Å². The smallest absolute Gasteiger partial charge is 0.390 e. The van der Waals surface area contributed by atoms with Gasteiger partial charge >= 0.3 is 6.18 Å². The van der Waals surface area contributed by atoms with E-state index in [-0.39, 0.29) is 5.92 Å². The van der Waals surface area contributed by atoms with Crippen LogP contribution in [0.4, 0.5) is 18.9 Å². The molecule has 0 spiro atoms. The third kappa shape index (κ3) is 7.69. The third-order valence-corrected chi connectivity index (χ3v) is 5.93. The minimum absolute atomic E-state index is 0.0279. The zero-order valence-electron chi connectivity index (χ0n) is 19.6. The summed E-state index contributed by atoms with van der Waals surface area (Å²) in [6.45, 7) is 6.77. The lowest BCUT2D eigenvalue weighted by molar-refractivity contribution is -0.137. The van der Waals surface area contributed by atoms with Gasteiger partial charge in [0.25, 0.3) is 0 Å². The molecule has 0 radical (unpaired) electrons. The first-order chi connectivity index (χ1) is 16.7. The lowest BCUT2D eigenvalue weighted by atomic mass is 9.74. The van der Waals surface area contributed by atoms with E-state index >= 15 is 0 Å².